The molecule has 0 saturated heterocycles. The summed E-state index contributed by atoms with van der Waals surface area (Å²) in [4.78, 5) is 15.2. The van der Waals surface area contributed by atoms with Gasteiger partial charge in [-0.05, 0) is 30.9 Å². The largest absolute Gasteiger partial charge is 0.478 e. The molecule has 1 N–H and O–H groups in total. The highest BCUT2D eigenvalue weighted by Gasteiger charge is 2.21. The molecule has 1 aliphatic carbocycles. The summed E-state index contributed by atoms with van der Waals surface area (Å²) in [6.07, 6.45) is 4.57. The topological polar surface area (TPSA) is 76.2 Å². The van der Waals surface area contributed by atoms with Crippen molar-refractivity contribution in [3.05, 3.63) is 35.7 Å². The number of carbonyl (C=O) groups is 1. The fraction of sp³-hybridized carbons (Fsp3) is 0.357. The number of aromatic nitrogens is 2. The molecule has 98 valence electrons. The van der Waals surface area contributed by atoms with E-state index in [1.165, 1.54) is 19.3 Å². The second-order valence-electron chi connectivity index (χ2n) is 4.90. The van der Waals surface area contributed by atoms with Gasteiger partial charge >= 0.3 is 5.97 Å². The number of rotatable bonds is 4. The molecule has 0 radical (unpaired) electrons. The maximum absolute atomic E-state index is 10.9. The number of aromatic carboxylic acids is 1. The van der Waals surface area contributed by atoms with E-state index in [9.17, 15) is 4.79 Å². The summed E-state index contributed by atoms with van der Waals surface area (Å²) >= 11 is 0. The van der Waals surface area contributed by atoms with Crippen molar-refractivity contribution in [1.82, 2.24) is 10.1 Å². The number of nitrogens with zero attached hydrogens (tertiary/aromatic N) is 2. The van der Waals surface area contributed by atoms with Gasteiger partial charge in [0, 0.05) is 12.0 Å². The molecule has 1 aliphatic rings. The van der Waals surface area contributed by atoms with Crippen LogP contribution in [-0.2, 0) is 6.42 Å². The molecule has 0 atom stereocenters. The summed E-state index contributed by atoms with van der Waals surface area (Å²) in [5, 5.41) is 12.9. The molecule has 1 heterocycles. The summed E-state index contributed by atoms with van der Waals surface area (Å²) in [6.45, 7) is 0. The molecule has 0 amide bonds. The quantitative estimate of drug-likeness (QED) is 0.912. The molecule has 0 unspecified atom stereocenters. The van der Waals surface area contributed by atoms with E-state index in [1.54, 1.807) is 24.3 Å². The third kappa shape index (κ3) is 2.50. The fourth-order valence-electron chi connectivity index (χ4n) is 2.19. The molecule has 0 bridgehead atoms. The monoisotopic (exact) mass is 258 g/mol. The molecule has 1 fully saturated rings. The van der Waals surface area contributed by atoms with E-state index in [1.807, 2.05) is 0 Å². The van der Waals surface area contributed by atoms with Gasteiger partial charge in [-0.3, -0.25) is 0 Å². The number of carboxylic acids is 1. The van der Waals surface area contributed by atoms with Crippen molar-refractivity contribution in [2.24, 2.45) is 5.92 Å². The summed E-state index contributed by atoms with van der Waals surface area (Å²) in [7, 11) is 0. The number of hydrogen-bond acceptors (Lipinski definition) is 4. The Bertz CT molecular complexity index is 602. The molecule has 5 nitrogen and oxygen atoms in total. The summed E-state index contributed by atoms with van der Waals surface area (Å²) < 4.78 is 5.22. The Morgan fingerprint density at radius 3 is 2.95 bits per heavy atom. The molecular formula is C14H14N2O3. The van der Waals surface area contributed by atoms with Crippen LogP contribution in [0, 0.1) is 5.92 Å². The minimum atomic E-state index is -0.958. The molecule has 2 aromatic rings. The molecule has 0 aliphatic heterocycles. The van der Waals surface area contributed by atoms with Crippen LogP contribution in [0.25, 0.3) is 11.4 Å². The number of hydrogen-bond donors (Lipinski definition) is 1. The van der Waals surface area contributed by atoms with Crippen LogP contribution in [-0.4, -0.2) is 21.2 Å². The third-order valence-corrected chi connectivity index (χ3v) is 3.52. The van der Waals surface area contributed by atoms with Crippen molar-refractivity contribution < 1.29 is 14.4 Å². The van der Waals surface area contributed by atoms with E-state index in [0.717, 1.165) is 6.42 Å². The lowest BCUT2D eigenvalue weighted by Crippen LogP contribution is -2.13. The lowest BCUT2D eigenvalue weighted by molar-refractivity contribution is 0.0697. The molecule has 1 aromatic heterocycles. The fourth-order valence-corrected chi connectivity index (χ4v) is 2.19. The zero-order valence-corrected chi connectivity index (χ0v) is 10.4. The SMILES string of the molecule is O=C(O)c1cccc(-c2noc(CC3CCC3)n2)c1. The maximum atomic E-state index is 10.9. The Labute approximate surface area is 110 Å². The van der Waals surface area contributed by atoms with Gasteiger partial charge in [0.1, 0.15) is 0 Å². The Hall–Kier alpha value is -2.17. The lowest BCUT2D eigenvalue weighted by atomic mass is 9.83. The van der Waals surface area contributed by atoms with E-state index in [0.29, 0.717) is 23.2 Å². The smallest absolute Gasteiger partial charge is 0.335 e. The highest BCUT2D eigenvalue weighted by molar-refractivity contribution is 5.89. The Morgan fingerprint density at radius 1 is 1.42 bits per heavy atom. The van der Waals surface area contributed by atoms with Gasteiger partial charge in [-0.25, -0.2) is 4.79 Å². The maximum Gasteiger partial charge on any atom is 0.335 e. The first-order chi connectivity index (χ1) is 9.22. The van der Waals surface area contributed by atoms with Crippen LogP contribution in [0.3, 0.4) is 0 Å². The summed E-state index contributed by atoms with van der Waals surface area (Å²) in [6, 6.07) is 6.56. The second kappa shape index (κ2) is 4.84. The molecule has 3 rings (SSSR count). The van der Waals surface area contributed by atoms with Gasteiger partial charge in [-0.2, -0.15) is 4.98 Å². The Balaban J connectivity index is 1.81. The van der Waals surface area contributed by atoms with Crippen LogP contribution in [0.4, 0.5) is 0 Å². The summed E-state index contributed by atoms with van der Waals surface area (Å²) in [5.74, 6) is 0.802. The van der Waals surface area contributed by atoms with Crippen LogP contribution in [0.1, 0.15) is 35.5 Å². The average molecular weight is 258 g/mol. The first kappa shape index (κ1) is 11.9. The van der Waals surface area contributed by atoms with Crippen LogP contribution in [0.5, 0.6) is 0 Å². The standard InChI is InChI=1S/C14H14N2O3/c17-14(18)11-6-2-5-10(8-11)13-15-12(19-16-13)7-9-3-1-4-9/h2,5-6,8-9H,1,3-4,7H2,(H,17,18). The van der Waals surface area contributed by atoms with Crippen LogP contribution in [0.2, 0.25) is 0 Å². The molecule has 5 heteroatoms. The predicted octanol–water partition coefficient (Wildman–Crippen LogP) is 2.78. The lowest BCUT2D eigenvalue weighted by Gasteiger charge is -2.23. The van der Waals surface area contributed by atoms with Gasteiger partial charge < -0.3 is 9.63 Å². The average Bonchev–Trinajstić information content (AvgIpc) is 2.83. The van der Waals surface area contributed by atoms with E-state index in [2.05, 4.69) is 10.1 Å². The molecule has 1 aromatic carbocycles. The predicted molar refractivity (Wildman–Crippen MR) is 67.7 cm³/mol. The van der Waals surface area contributed by atoms with Gasteiger partial charge in [0.25, 0.3) is 0 Å². The van der Waals surface area contributed by atoms with Crippen molar-refractivity contribution in [2.75, 3.05) is 0 Å². The van der Waals surface area contributed by atoms with E-state index < -0.39 is 5.97 Å². The molecule has 19 heavy (non-hydrogen) atoms. The van der Waals surface area contributed by atoms with Crippen molar-refractivity contribution in [2.45, 2.75) is 25.7 Å². The zero-order valence-electron chi connectivity index (χ0n) is 10.4. The van der Waals surface area contributed by atoms with E-state index >= 15 is 0 Å². The highest BCUT2D eigenvalue weighted by atomic mass is 16.5. The molecule has 1 saturated carbocycles. The Morgan fingerprint density at radius 2 is 2.26 bits per heavy atom. The van der Waals surface area contributed by atoms with Gasteiger partial charge in [0.15, 0.2) is 0 Å². The van der Waals surface area contributed by atoms with Gasteiger partial charge in [0.05, 0.1) is 5.56 Å². The minimum Gasteiger partial charge on any atom is -0.478 e. The Kier molecular flexibility index (Phi) is 3.03. The van der Waals surface area contributed by atoms with Crippen LogP contribution in [0.15, 0.2) is 28.8 Å². The molecular weight excluding hydrogens is 244 g/mol. The van der Waals surface area contributed by atoms with Gasteiger partial charge in [-0.15, -0.1) is 0 Å². The van der Waals surface area contributed by atoms with Crippen molar-refractivity contribution >= 4 is 5.97 Å². The molecule has 0 spiro atoms. The van der Waals surface area contributed by atoms with Gasteiger partial charge in [-0.1, -0.05) is 23.7 Å². The summed E-state index contributed by atoms with van der Waals surface area (Å²) in [5.41, 5.74) is 0.895. The minimum absolute atomic E-state index is 0.225. The van der Waals surface area contributed by atoms with Crippen LogP contribution < -0.4 is 0 Å². The van der Waals surface area contributed by atoms with Crippen LogP contribution >= 0.6 is 0 Å². The normalized spacial score (nSPS) is 15.2. The van der Waals surface area contributed by atoms with Crippen molar-refractivity contribution in [1.29, 1.82) is 0 Å². The first-order valence-corrected chi connectivity index (χ1v) is 6.38. The van der Waals surface area contributed by atoms with E-state index in [4.69, 9.17) is 9.63 Å². The second-order valence-corrected chi connectivity index (χ2v) is 4.90. The number of carboxylic acid groups (broad SMARTS) is 1. The van der Waals surface area contributed by atoms with E-state index in [-0.39, 0.29) is 5.56 Å². The third-order valence-electron chi connectivity index (χ3n) is 3.52. The first-order valence-electron chi connectivity index (χ1n) is 6.38. The zero-order chi connectivity index (χ0) is 13.2. The van der Waals surface area contributed by atoms with Gasteiger partial charge in [0.2, 0.25) is 11.7 Å². The van der Waals surface area contributed by atoms with Crippen molar-refractivity contribution in [3.63, 3.8) is 0 Å². The highest BCUT2D eigenvalue weighted by Crippen LogP contribution is 2.29. The number of benzene rings is 1. The van der Waals surface area contributed by atoms with Crippen molar-refractivity contribution in [3.8, 4) is 11.4 Å².